The zero-order valence-corrected chi connectivity index (χ0v) is 12.6. The molecule has 2 fully saturated rings. The van der Waals surface area contributed by atoms with E-state index in [1.807, 2.05) is 0 Å². The Morgan fingerprint density at radius 2 is 2.37 bits per heavy atom. The second-order valence-corrected chi connectivity index (χ2v) is 7.17. The van der Waals surface area contributed by atoms with E-state index in [-0.39, 0.29) is 0 Å². The molecular weight excluding hydrogens is 256 g/mol. The van der Waals surface area contributed by atoms with Crippen molar-refractivity contribution >= 4 is 17.2 Å². The van der Waals surface area contributed by atoms with Crippen molar-refractivity contribution in [2.45, 2.75) is 52.0 Å². The summed E-state index contributed by atoms with van der Waals surface area (Å²) in [6.07, 6.45) is 5.33. The van der Waals surface area contributed by atoms with Crippen molar-refractivity contribution in [3.8, 4) is 0 Å². The molecule has 3 rings (SSSR count). The first kappa shape index (κ1) is 13.1. The molecule has 2 aliphatic rings. The number of carbonyl (C=O) groups is 1. The zero-order chi connectivity index (χ0) is 13.4. The molecule has 104 valence electrons. The molecule has 0 bridgehead atoms. The van der Waals surface area contributed by atoms with Gasteiger partial charge in [0.1, 0.15) is 0 Å². The Labute approximate surface area is 119 Å². The van der Waals surface area contributed by atoms with Crippen LogP contribution in [0, 0.1) is 18.8 Å². The Hall–Kier alpha value is -0.900. The Kier molecular flexibility index (Phi) is 3.61. The lowest BCUT2D eigenvalue weighted by atomic mass is 9.80. The molecule has 3 atom stereocenters. The molecule has 2 saturated heterocycles. The summed E-state index contributed by atoms with van der Waals surface area (Å²) >= 11 is 1.74. The fourth-order valence-electron chi connectivity index (χ4n) is 3.63. The lowest BCUT2D eigenvalue weighted by Gasteiger charge is -2.37. The molecule has 3 unspecified atom stereocenters. The molecule has 1 amide bonds. The van der Waals surface area contributed by atoms with Gasteiger partial charge in [0.15, 0.2) is 0 Å². The summed E-state index contributed by atoms with van der Waals surface area (Å²) in [6.45, 7) is 5.40. The van der Waals surface area contributed by atoms with E-state index in [0.717, 1.165) is 31.7 Å². The van der Waals surface area contributed by atoms with Crippen LogP contribution in [0.4, 0.5) is 0 Å². The average molecular weight is 278 g/mol. The number of hydrogen-bond acceptors (Lipinski definition) is 3. The fraction of sp³-hybridized carbons (Fsp3) is 0.733. The molecule has 3 heterocycles. The van der Waals surface area contributed by atoms with Crippen LogP contribution in [-0.4, -0.2) is 28.4 Å². The van der Waals surface area contributed by atoms with Crippen molar-refractivity contribution < 1.29 is 4.79 Å². The quantitative estimate of drug-likeness (QED) is 0.851. The van der Waals surface area contributed by atoms with Crippen molar-refractivity contribution in [2.75, 3.05) is 6.54 Å². The largest absolute Gasteiger partial charge is 0.340 e. The topological polar surface area (TPSA) is 33.2 Å². The van der Waals surface area contributed by atoms with Gasteiger partial charge in [-0.3, -0.25) is 4.79 Å². The van der Waals surface area contributed by atoms with Crippen LogP contribution in [0.2, 0.25) is 0 Å². The first-order valence-electron chi connectivity index (χ1n) is 7.34. The minimum Gasteiger partial charge on any atom is -0.340 e. The number of fused-ring (bicyclic) bond motifs is 1. The third-order valence-electron chi connectivity index (χ3n) is 4.77. The summed E-state index contributed by atoms with van der Waals surface area (Å²) in [6, 6.07) is 0.533. The number of amides is 1. The highest BCUT2D eigenvalue weighted by molar-refractivity contribution is 7.09. The number of piperidine rings is 1. The van der Waals surface area contributed by atoms with Gasteiger partial charge in [-0.05, 0) is 44.4 Å². The minimum absolute atomic E-state index is 0.381. The van der Waals surface area contributed by atoms with Gasteiger partial charge < -0.3 is 4.90 Å². The molecule has 0 radical (unpaired) electrons. The summed E-state index contributed by atoms with van der Waals surface area (Å²) < 4.78 is 0. The van der Waals surface area contributed by atoms with Crippen molar-refractivity contribution in [2.24, 2.45) is 11.8 Å². The van der Waals surface area contributed by atoms with Crippen molar-refractivity contribution in [1.82, 2.24) is 9.88 Å². The summed E-state index contributed by atoms with van der Waals surface area (Å²) in [4.78, 5) is 18.4. The first-order valence-corrected chi connectivity index (χ1v) is 8.22. The van der Waals surface area contributed by atoms with E-state index in [0.29, 0.717) is 17.9 Å². The van der Waals surface area contributed by atoms with Crippen LogP contribution in [0.3, 0.4) is 0 Å². The van der Waals surface area contributed by atoms with Gasteiger partial charge in [-0.1, -0.05) is 6.92 Å². The lowest BCUT2D eigenvalue weighted by Crippen LogP contribution is -2.42. The molecule has 0 aliphatic carbocycles. The maximum Gasteiger partial charge on any atom is 0.222 e. The summed E-state index contributed by atoms with van der Waals surface area (Å²) in [7, 11) is 0. The van der Waals surface area contributed by atoms with Crippen LogP contribution in [-0.2, 0) is 11.2 Å². The molecule has 4 heteroatoms. The normalized spacial score (nSPS) is 28.5. The second-order valence-electron chi connectivity index (χ2n) is 6.10. The van der Waals surface area contributed by atoms with E-state index in [1.54, 1.807) is 11.3 Å². The van der Waals surface area contributed by atoms with E-state index in [1.165, 1.54) is 23.5 Å². The minimum atomic E-state index is 0.381. The van der Waals surface area contributed by atoms with Crippen molar-refractivity contribution in [3.05, 3.63) is 16.1 Å². The number of nitrogens with zero attached hydrogens (tertiary/aromatic N) is 2. The number of aromatic nitrogens is 1. The maximum atomic E-state index is 11.7. The standard InChI is InChI=1S/C15H22N2OS/c1-10(7-13-9-19-11(2)16-13)12-5-6-17-14(8-12)3-4-15(17)18/h9-10,12,14H,3-8H2,1-2H3. The second kappa shape index (κ2) is 5.23. The third kappa shape index (κ3) is 2.69. The fourth-order valence-corrected chi connectivity index (χ4v) is 4.26. The predicted molar refractivity (Wildman–Crippen MR) is 77.2 cm³/mol. The van der Waals surface area contributed by atoms with Crippen molar-refractivity contribution in [3.63, 3.8) is 0 Å². The first-order chi connectivity index (χ1) is 9.13. The number of carbonyl (C=O) groups excluding carboxylic acids is 1. The van der Waals surface area contributed by atoms with Gasteiger partial charge in [0.2, 0.25) is 5.91 Å². The monoisotopic (exact) mass is 278 g/mol. The highest BCUT2D eigenvalue weighted by atomic mass is 32.1. The average Bonchev–Trinajstić information content (AvgIpc) is 2.96. The number of rotatable bonds is 3. The third-order valence-corrected chi connectivity index (χ3v) is 5.59. The van der Waals surface area contributed by atoms with Crippen LogP contribution in [0.15, 0.2) is 5.38 Å². The molecular formula is C15H22N2OS. The van der Waals surface area contributed by atoms with E-state index in [9.17, 15) is 4.79 Å². The van der Waals surface area contributed by atoms with Gasteiger partial charge in [-0.25, -0.2) is 4.98 Å². The maximum absolute atomic E-state index is 11.7. The van der Waals surface area contributed by atoms with Crippen molar-refractivity contribution in [1.29, 1.82) is 0 Å². The predicted octanol–water partition coefficient (Wildman–Crippen LogP) is 3.03. The van der Waals surface area contributed by atoms with E-state index in [4.69, 9.17) is 0 Å². The van der Waals surface area contributed by atoms with Gasteiger partial charge in [0.25, 0.3) is 0 Å². The summed E-state index contributed by atoms with van der Waals surface area (Å²) in [5.74, 6) is 1.82. The Morgan fingerprint density at radius 1 is 1.53 bits per heavy atom. The SMILES string of the molecule is Cc1nc(CC(C)C2CCN3C(=O)CCC3C2)cs1. The summed E-state index contributed by atoms with van der Waals surface area (Å²) in [5, 5.41) is 3.36. The van der Waals surface area contributed by atoms with Gasteiger partial charge in [0.05, 0.1) is 10.7 Å². The molecule has 19 heavy (non-hydrogen) atoms. The van der Waals surface area contributed by atoms with Crippen LogP contribution in [0.25, 0.3) is 0 Å². The van der Waals surface area contributed by atoms with Gasteiger partial charge in [-0.2, -0.15) is 0 Å². The molecule has 1 aromatic rings. The highest BCUT2D eigenvalue weighted by Crippen LogP contribution is 2.35. The van der Waals surface area contributed by atoms with Crippen LogP contribution in [0.5, 0.6) is 0 Å². The van der Waals surface area contributed by atoms with Gasteiger partial charge in [0, 0.05) is 24.4 Å². The van der Waals surface area contributed by atoms with Crippen LogP contribution >= 0.6 is 11.3 Å². The molecule has 2 aliphatic heterocycles. The highest BCUT2D eigenvalue weighted by Gasteiger charge is 2.37. The number of hydrogen-bond donors (Lipinski definition) is 0. The Balaban J connectivity index is 1.59. The zero-order valence-electron chi connectivity index (χ0n) is 11.8. The molecule has 0 aromatic carbocycles. The smallest absolute Gasteiger partial charge is 0.222 e. The molecule has 3 nitrogen and oxygen atoms in total. The van der Waals surface area contributed by atoms with E-state index in [2.05, 4.69) is 29.1 Å². The number of aryl methyl sites for hydroxylation is 1. The molecule has 1 aromatic heterocycles. The van der Waals surface area contributed by atoms with Crippen LogP contribution < -0.4 is 0 Å². The van der Waals surface area contributed by atoms with E-state index < -0.39 is 0 Å². The van der Waals surface area contributed by atoms with Crippen LogP contribution in [0.1, 0.15) is 43.3 Å². The van der Waals surface area contributed by atoms with Gasteiger partial charge in [-0.15, -0.1) is 11.3 Å². The Morgan fingerprint density at radius 3 is 3.11 bits per heavy atom. The molecule has 0 N–H and O–H groups in total. The van der Waals surface area contributed by atoms with E-state index >= 15 is 0 Å². The number of thiazole rings is 1. The summed E-state index contributed by atoms with van der Waals surface area (Å²) in [5.41, 5.74) is 1.25. The lowest BCUT2D eigenvalue weighted by molar-refractivity contribution is -0.130. The van der Waals surface area contributed by atoms with Gasteiger partial charge >= 0.3 is 0 Å². The molecule has 0 saturated carbocycles. The Bertz CT molecular complexity index is 470. The molecule has 0 spiro atoms.